The molecule has 1 aromatic rings. The predicted octanol–water partition coefficient (Wildman–Crippen LogP) is 2.93. The Morgan fingerprint density at radius 2 is 1.81 bits per heavy atom. The van der Waals surface area contributed by atoms with Crippen molar-refractivity contribution >= 4 is 21.5 Å². The summed E-state index contributed by atoms with van der Waals surface area (Å²) in [5, 5.41) is 12.1. The van der Waals surface area contributed by atoms with Gasteiger partial charge in [0, 0.05) is 5.69 Å². The number of rotatable bonds is 9. The Labute approximate surface area is 126 Å². The molecule has 0 amide bonds. The molecule has 21 heavy (non-hydrogen) atoms. The topological polar surface area (TPSA) is 83.5 Å². The van der Waals surface area contributed by atoms with E-state index in [0.29, 0.717) is 18.5 Å². The van der Waals surface area contributed by atoms with Gasteiger partial charge in [0.25, 0.3) is 0 Å². The van der Waals surface area contributed by atoms with Gasteiger partial charge in [0.2, 0.25) is 0 Å². The Hall–Kier alpha value is -1.56. The lowest BCUT2D eigenvalue weighted by Crippen LogP contribution is -2.29. The van der Waals surface area contributed by atoms with Crippen molar-refractivity contribution in [3.8, 4) is 0 Å². The molecule has 0 fully saturated rings. The van der Waals surface area contributed by atoms with E-state index in [1.807, 2.05) is 13.8 Å². The van der Waals surface area contributed by atoms with Gasteiger partial charge in [-0.15, -0.1) is 0 Å². The number of unbranched alkanes of at least 4 members (excludes halogenated alkanes) is 1. The van der Waals surface area contributed by atoms with Gasteiger partial charge in [-0.3, -0.25) is 0 Å². The normalized spacial score (nSPS) is 12.9. The zero-order valence-corrected chi connectivity index (χ0v) is 13.3. The highest BCUT2D eigenvalue weighted by molar-refractivity contribution is 7.91. The van der Waals surface area contributed by atoms with Crippen LogP contribution in [0, 0.1) is 0 Å². The molecule has 0 spiro atoms. The van der Waals surface area contributed by atoms with E-state index in [9.17, 15) is 13.2 Å². The predicted molar refractivity (Wildman–Crippen MR) is 83.4 cm³/mol. The number of aliphatic carboxylic acids is 1. The van der Waals surface area contributed by atoms with Gasteiger partial charge < -0.3 is 10.4 Å². The SMILES string of the molecule is CCCCC(Nc1ccc(S(=O)(=O)CCC)cc1)C(=O)O. The summed E-state index contributed by atoms with van der Waals surface area (Å²) in [6.45, 7) is 3.82. The number of carboxylic acid groups (broad SMARTS) is 1. The molecule has 0 aliphatic heterocycles. The van der Waals surface area contributed by atoms with E-state index in [1.54, 1.807) is 12.1 Å². The molecule has 0 bridgehead atoms. The molecule has 1 unspecified atom stereocenters. The van der Waals surface area contributed by atoms with Crippen LogP contribution in [0.3, 0.4) is 0 Å². The molecular weight excluding hydrogens is 290 g/mol. The first-order valence-electron chi connectivity index (χ1n) is 7.23. The van der Waals surface area contributed by atoms with Gasteiger partial charge in [0.05, 0.1) is 10.6 Å². The van der Waals surface area contributed by atoms with Crippen molar-refractivity contribution in [1.82, 2.24) is 0 Å². The molecule has 0 aliphatic rings. The zero-order valence-electron chi connectivity index (χ0n) is 12.5. The van der Waals surface area contributed by atoms with Crippen molar-refractivity contribution in [2.24, 2.45) is 0 Å². The van der Waals surface area contributed by atoms with E-state index in [2.05, 4.69) is 5.32 Å². The monoisotopic (exact) mass is 313 g/mol. The Kier molecular flexibility index (Phi) is 6.68. The van der Waals surface area contributed by atoms with E-state index in [0.717, 1.165) is 12.8 Å². The summed E-state index contributed by atoms with van der Waals surface area (Å²) in [4.78, 5) is 11.4. The second-order valence-corrected chi connectivity index (χ2v) is 7.13. The third-order valence-electron chi connectivity index (χ3n) is 3.17. The number of carbonyl (C=O) groups is 1. The van der Waals surface area contributed by atoms with E-state index >= 15 is 0 Å². The molecule has 2 N–H and O–H groups in total. The van der Waals surface area contributed by atoms with Crippen molar-refractivity contribution in [3.63, 3.8) is 0 Å². The molecule has 0 saturated heterocycles. The van der Waals surface area contributed by atoms with Crippen LogP contribution < -0.4 is 5.32 Å². The Morgan fingerprint density at radius 1 is 1.19 bits per heavy atom. The minimum atomic E-state index is -3.23. The van der Waals surface area contributed by atoms with E-state index in [1.165, 1.54) is 12.1 Å². The fraction of sp³-hybridized carbons (Fsp3) is 0.533. The highest BCUT2D eigenvalue weighted by Crippen LogP contribution is 2.17. The van der Waals surface area contributed by atoms with Crippen LogP contribution in [0.5, 0.6) is 0 Å². The number of carboxylic acids is 1. The fourth-order valence-electron chi connectivity index (χ4n) is 2.01. The van der Waals surface area contributed by atoms with Crippen molar-refractivity contribution < 1.29 is 18.3 Å². The smallest absolute Gasteiger partial charge is 0.326 e. The molecular formula is C15H23NO4S. The van der Waals surface area contributed by atoms with Crippen molar-refractivity contribution in [2.75, 3.05) is 11.1 Å². The molecule has 0 heterocycles. The lowest BCUT2D eigenvalue weighted by molar-refractivity contribution is -0.138. The molecule has 0 aromatic heterocycles. The molecule has 5 nitrogen and oxygen atoms in total. The maximum atomic E-state index is 11.9. The molecule has 1 rings (SSSR count). The van der Waals surface area contributed by atoms with E-state index < -0.39 is 21.8 Å². The summed E-state index contributed by atoms with van der Waals surface area (Å²) in [5.74, 6) is -0.778. The van der Waals surface area contributed by atoms with Crippen LogP contribution >= 0.6 is 0 Å². The first-order chi connectivity index (χ1) is 9.90. The summed E-state index contributed by atoms with van der Waals surface area (Å²) in [6.07, 6.45) is 2.87. The summed E-state index contributed by atoms with van der Waals surface area (Å²) in [5.41, 5.74) is 0.619. The lowest BCUT2D eigenvalue weighted by Gasteiger charge is -2.15. The van der Waals surface area contributed by atoms with Gasteiger partial charge in [0.15, 0.2) is 9.84 Å². The van der Waals surface area contributed by atoms with Gasteiger partial charge in [-0.1, -0.05) is 26.7 Å². The van der Waals surface area contributed by atoms with Crippen LogP contribution in [0.25, 0.3) is 0 Å². The Morgan fingerprint density at radius 3 is 2.29 bits per heavy atom. The average molecular weight is 313 g/mol. The van der Waals surface area contributed by atoms with Crippen molar-refractivity contribution in [2.45, 2.75) is 50.5 Å². The molecule has 0 aliphatic carbocycles. The van der Waals surface area contributed by atoms with Crippen LogP contribution in [0.4, 0.5) is 5.69 Å². The molecule has 6 heteroatoms. The van der Waals surface area contributed by atoms with Gasteiger partial charge in [-0.2, -0.15) is 0 Å². The fourth-order valence-corrected chi connectivity index (χ4v) is 3.34. The number of benzene rings is 1. The zero-order chi connectivity index (χ0) is 15.9. The summed E-state index contributed by atoms with van der Waals surface area (Å²) < 4.78 is 23.8. The van der Waals surface area contributed by atoms with E-state index in [-0.39, 0.29) is 10.6 Å². The first kappa shape index (κ1) is 17.5. The molecule has 1 atom stereocenters. The Balaban J connectivity index is 2.80. The number of hydrogen-bond donors (Lipinski definition) is 2. The first-order valence-corrected chi connectivity index (χ1v) is 8.88. The summed E-state index contributed by atoms with van der Waals surface area (Å²) in [7, 11) is -3.23. The second kappa shape index (κ2) is 8.02. The molecule has 118 valence electrons. The number of sulfone groups is 1. The molecule has 0 radical (unpaired) electrons. The second-order valence-electron chi connectivity index (χ2n) is 5.02. The third kappa shape index (κ3) is 5.38. The molecule has 0 saturated carbocycles. The van der Waals surface area contributed by atoms with Crippen molar-refractivity contribution in [3.05, 3.63) is 24.3 Å². The minimum Gasteiger partial charge on any atom is -0.480 e. The number of nitrogens with one attached hydrogen (secondary N) is 1. The quantitative estimate of drug-likeness (QED) is 0.732. The van der Waals surface area contributed by atoms with Crippen molar-refractivity contribution in [1.29, 1.82) is 0 Å². The highest BCUT2D eigenvalue weighted by Gasteiger charge is 2.17. The summed E-state index contributed by atoms with van der Waals surface area (Å²) >= 11 is 0. The minimum absolute atomic E-state index is 0.119. The number of anilines is 1. The van der Waals surface area contributed by atoms with Crippen LogP contribution in [0.2, 0.25) is 0 Å². The van der Waals surface area contributed by atoms with Crippen LogP contribution in [0.1, 0.15) is 39.5 Å². The number of hydrogen-bond acceptors (Lipinski definition) is 4. The Bertz CT molecular complexity index is 552. The standard InChI is InChI=1S/C15H23NO4S/c1-3-5-6-14(15(17)18)16-12-7-9-13(10-8-12)21(19,20)11-4-2/h7-10,14,16H,3-6,11H2,1-2H3,(H,17,18). The van der Waals surface area contributed by atoms with Crippen LogP contribution in [-0.2, 0) is 14.6 Å². The van der Waals surface area contributed by atoms with Gasteiger partial charge in [-0.25, -0.2) is 13.2 Å². The van der Waals surface area contributed by atoms with Crippen LogP contribution in [-0.4, -0.2) is 31.3 Å². The largest absolute Gasteiger partial charge is 0.480 e. The maximum absolute atomic E-state index is 11.9. The maximum Gasteiger partial charge on any atom is 0.326 e. The lowest BCUT2D eigenvalue weighted by atomic mass is 10.1. The van der Waals surface area contributed by atoms with E-state index in [4.69, 9.17) is 5.11 Å². The van der Waals surface area contributed by atoms with Gasteiger partial charge in [-0.05, 0) is 37.1 Å². The van der Waals surface area contributed by atoms with Gasteiger partial charge >= 0.3 is 5.97 Å². The average Bonchev–Trinajstić information content (AvgIpc) is 2.43. The van der Waals surface area contributed by atoms with Crippen LogP contribution in [0.15, 0.2) is 29.2 Å². The molecule has 1 aromatic carbocycles. The third-order valence-corrected chi connectivity index (χ3v) is 5.11. The highest BCUT2D eigenvalue weighted by atomic mass is 32.2. The summed E-state index contributed by atoms with van der Waals surface area (Å²) in [6, 6.07) is 5.62. The van der Waals surface area contributed by atoms with Gasteiger partial charge in [0.1, 0.15) is 6.04 Å².